The van der Waals surface area contributed by atoms with Crippen LogP contribution in [0.5, 0.6) is 0 Å². The lowest BCUT2D eigenvalue weighted by atomic mass is 10.00. The van der Waals surface area contributed by atoms with Gasteiger partial charge in [0, 0.05) is 0 Å². The molecule has 168 valence electrons. The summed E-state index contributed by atoms with van der Waals surface area (Å²) >= 11 is 0. The highest BCUT2D eigenvalue weighted by Gasteiger charge is 2.31. The first-order valence-electron chi connectivity index (χ1n) is 9.82. The van der Waals surface area contributed by atoms with Gasteiger partial charge in [-0.25, -0.2) is 4.79 Å². The summed E-state index contributed by atoms with van der Waals surface area (Å²) in [6.07, 6.45) is 0.250. The second-order valence-corrected chi connectivity index (χ2v) is 8.27. The van der Waals surface area contributed by atoms with Crippen LogP contribution in [0, 0.1) is 17.8 Å². The van der Waals surface area contributed by atoms with Crippen LogP contribution in [0.2, 0.25) is 0 Å². The Morgan fingerprint density at radius 2 is 1.28 bits per heavy atom. The monoisotopic (exact) mass is 416 g/mol. The number of amides is 3. The van der Waals surface area contributed by atoms with Crippen molar-refractivity contribution in [3.8, 4) is 0 Å². The highest BCUT2D eigenvalue weighted by Crippen LogP contribution is 2.08. The molecule has 0 radical (unpaired) electrons. The molecule has 0 aromatic rings. The van der Waals surface area contributed by atoms with Crippen molar-refractivity contribution in [1.29, 1.82) is 0 Å². The molecule has 0 rings (SSSR count). The summed E-state index contributed by atoms with van der Waals surface area (Å²) in [7, 11) is 0. The van der Waals surface area contributed by atoms with Gasteiger partial charge >= 0.3 is 5.97 Å². The van der Waals surface area contributed by atoms with E-state index in [-0.39, 0.29) is 24.2 Å². The van der Waals surface area contributed by atoms with E-state index in [9.17, 15) is 29.4 Å². The van der Waals surface area contributed by atoms with Crippen LogP contribution in [0.4, 0.5) is 0 Å². The van der Waals surface area contributed by atoms with Crippen LogP contribution in [-0.2, 0) is 19.2 Å². The Labute approximate surface area is 172 Å². The molecule has 0 heterocycles. The van der Waals surface area contributed by atoms with Crippen LogP contribution in [0.15, 0.2) is 0 Å². The number of nitrogens with two attached hydrogens (primary N) is 1. The number of carboxylic acids is 1. The van der Waals surface area contributed by atoms with Crippen molar-refractivity contribution in [2.45, 2.75) is 72.1 Å². The number of carboxylic acid groups (broad SMARTS) is 1. The molecule has 10 heteroatoms. The van der Waals surface area contributed by atoms with Gasteiger partial charge in [-0.15, -0.1) is 0 Å². The van der Waals surface area contributed by atoms with E-state index in [0.717, 1.165) is 0 Å². The molecule has 0 fully saturated rings. The molecule has 10 nitrogen and oxygen atoms in total. The van der Waals surface area contributed by atoms with Crippen molar-refractivity contribution in [3.63, 3.8) is 0 Å². The first kappa shape index (κ1) is 26.8. The summed E-state index contributed by atoms with van der Waals surface area (Å²) in [6.45, 7) is 9.81. The molecule has 0 aromatic heterocycles. The van der Waals surface area contributed by atoms with E-state index in [0.29, 0.717) is 0 Å². The van der Waals surface area contributed by atoms with Gasteiger partial charge in [0.15, 0.2) is 0 Å². The molecule has 0 saturated heterocycles. The molecule has 0 aliphatic heterocycles. The zero-order valence-corrected chi connectivity index (χ0v) is 18.1. The van der Waals surface area contributed by atoms with E-state index >= 15 is 0 Å². The molecule has 0 aromatic carbocycles. The lowest BCUT2D eigenvalue weighted by Gasteiger charge is -2.26. The number of aliphatic carboxylic acids is 1. The summed E-state index contributed by atoms with van der Waals surface area (Å²) in [5.41, 5.74) is 5.74. The molecule has 4 unspecified atom stereocenters. The topological polar surface area (TPSA) is 171 Å². The van der Waals surface area contributed by atoms with Gasteiger partial charge in [-0.05, 0) is 24.2 Å². The minimum Gasteiger partial charge on any atom is -0.480 e. The van der Waals surface area contributed by atoms with E-state index in [1.807, 2.05) is 13.8 Å². The molecular weight excluding hydrogens is 380 g/mol. The zero-order valence-electron chi connectivity index (χ0n) is 18.1. The maximum Gasteiger partial charge on any atom is 0.326 e. The van der Waals surface area contributed by atoms with E-state index < -0.39 is 54.5 Å². The summed E-state index contributed by atoms with van der Waals surface area (Å²) in [5.74, 6) is -3.67. The van der Waals surface area contributed by atoms with Gasteiger partial charge in [0.05, 0.1) is 12.6 Å². The predicted octanol–water partition coefficient (Wildman–Crippen LogP) is -0.797. The third-order valence-corrected chi connectivity index (χ3v) is 4.41. The van der Waals surface area contributed by atoms with Crippen LogP contribution in [-0.4, -0.2) is 64.7 Å². The van der Waals surface area contributed by atoms with Gasteiger partial charge in [-0.1, -0.05) is 41.5 Å². The molecule has 0 aliphatic rings. The van der Waals surface area contributed by atoms with Crippen molar-refractivity contribution >= 4 is 23.7 Å². The standard InChI is InChI=1S/C19H36N4O6/c1-9(2)7-12(16(25)23-15(11(5)6)19(28)29)21-17(26)13(8-24)22-18(27)14(20)10(3)4/h9-15,24H,7-8,20H2,1-6H3,(H,21,26)(H,22,27)(H,23,25)(H,28,29). The Morgan fingerprint density at radius 1 is 0.793 bits per heavy atom. The summed E-state index contributed by atoms with van der Waals surface area (Å²) < 4.78 is 0. The second-order valence-electron chi connectivity index (χ2n) is 8.27. The predicted molar refractivity (Wildman–Crippen MR) is 108 cm³/mol. The fraction of sp³-hybridized carbons (Fsp3) is 0.789. The second kappa shape index (κ2) is 12.4. The Balaban J connectivity index is 5.28. The molecule has 0 bridgehead atoms. The van der Waals surface area contributed by atoms with Gasteiger partial charge in [0.25, 0.3) is 0 Å². The lowest BCUT2D eigenvalue weighted by molar-refractivity contribution is -0.143. The summed E-state index contributed by atoms with van der Waals surface area (Å²) in [5, 5.41) is 26.1. The van der Waals surface area contributed by atoms with Crippen LogP contribution >= 0.6 is 0 Å². The number of carbonyl (C=O) groups is 4. The van der Waals surface area contributed by atoms with Gasteiger partial charge in [0.1, 0.15) is 18.1 Å². The Hall–Kier alpha value is -2.20. The number of hydrogen-bond donors (Lipinski definition) is 6. The highest BCUT2D eigenvalue weighted by molar-refractivity contribution is 5.94. The van der Waals surface area contributed by atoms with E-state index in [1.165, 1.54) is 0 Å². The van der Waals surface area contributed by atoms with Crippen molar-refractivity contribution in [2.75, 3.05) is 6.61 Å². The molecule has 0 saturated carbocycles. The fourth-order valence-corrected chi connectivity index (χ4v) is 2.51. The summed E-state index contributed by atoms with van der Waals surface area (Å²) in [4.78, 5) is 48.6. The molecular formula is C19H36N4O6. The van der Waals surface area contributed by atoms with Gasteiger partial charge in [-0.2, -0.15) is 0 Å². The summed E-state index contributed by atoms with van der Waals surface area (Å²) in [6, 6.07) is -4.26. The van der Waals surface area contributed by atoms with Crippen LogP contribution in [0.25, 0.3) is 0 Å². The van der Waals surface area contributed by atoms with Gasteiger partial charge in [-0.3, -0.25) is 14.4 Å². The Bertz CT molecular complexity index is 579. The largest absolute Gasteiger partial charge is 0.480 e. The third kappa shape index (κ3) is 9.23. The number of aliphatic hydroxyl groups is 1. The first-order valence-corrected chi connectivity index (χ1v) is 9.82. The SMILES string of the molecule is CC(C)CC(NC(=O)C(CO)NC(=O)C(N)C(C)C)C(=O)NC(C(=O)O)C(C)C. The normalized spacial score (nSPS) is 15.6. The average Bonchev–Trinajstić information content (AvgIpc) is 2.61. The molecule has 4 atom stereocenters. The van der Waals surface area contributed by atoms with Crippen LogP contribution in [0.1, 0.15) is 48.0 Å². The third-order valence-electron chi connectivity index (χ3n) is 4.41. The highest BCUT2D eigenvalue weighted by atomic mass is 16.4. The maximum absolute atomic E-state index is 12.6. The number of nitrogens with one attached hydrogen (secondary N) is 3. The quantitative estimate of drug-likeness (QED) is 0.242. The maximum atomic E-state index is 12.6. The molecule has 7 N–H and O–H groups in total. The Kier molecular flexibility index (Phi) is 11.4. The van der Waals surface area contributed by atoms with E-state index in [1.54, 1.807) is 27.7 Å². The molecule has 0 spiro atoms. The zero-order chi connectivity index (χ0) is 22.9. The van der Waals surface area contributed by atoms with Crippen molar-refractivity contribution in [1.82, 2.24) is 16.0 Å². The average molecular weight is 417 g/mol. The van der Waals surface area contributed by atoms with Gasteiger partial charge in [0.2, 0.25) is 17.7 Å². The molecule has 29 heavy (non-hydrogen) atoms. The van der Waals surface area contributed by atoms with Crippen LogP contribution < -0.4 is 21.7 Å². The number of rotatable bonds is 12. The van der Waals surface area contributed by atoms with Crippen LogP contribution in [0.3, 0.4) is 0 Å². The van der Waals surface area contributed by atoms with Crippen molar-refractivity contribution < 1.29 is 29.4 Å². The minimum absolute atomic E-state index is 0.0184. The first-order chi connectivity index (χ1) is 13.3. The molecule has 3 amide bonds. The van der Waals surface area contributed by atoms with E-state index in [2.05, 4.69) is 16.0 Å². The smallest absolute Gasteiger partial charge is 0.326 e. The van der Waals surface area contributed by atoms with Crippen molar-refractivity contribution in [3.05, 3.63) is 0 Å². The Morgan fingerprint density at radius 3 is 1.66 bits per heavy atom. The number of carbonyl (C=O) groups excluding carboxylic acids is 3. The number of hydrogen-bond acceptors (Lipinski definition) is 6. The fourth-order valence-electron chi connectivity index (χ4n) is 2.51. The van der Waals surface area contributed by atoms with Gasteiger partial charge < -0.3 is 31.9 Å². The lowest BCUT2D eigenvalue weighted by Crippen LogP contribution is -2.59. The number of aliphatic hydroxyl groups excluding tert-OH is 1. The molecule has 0 aliphatic carbocycles. The van der Waals surface area contributed by atoms with Crippen molar-refractivity contribution in [2.24, 2.45) is 23.5 Å². The minimum atomic E-state index is -1.28. The van der Waals surface area contributed by atoms with E-state index in [4.69, 9.17) is 5.73 Å².